The van der Waals surface area contributed by atoms with E-state index in [0.29, 0.717) is 22.3 Å². The van der Waals surface area contributed by atoms with E-state index < -0.39 is 0 Å². The number of amides is 2. The fourth-order valence-corrected chi connectivity index (χ4v) is 2.98. The number of nitrogens with one attached hydrogen (secondary N) is 3. The summed E-state index contributed by atoms with van der Waals surface area (Å²) in [5.74, 6) is -0.117. The smallest absolute Gasteiger partial charge is 0.275 e. The molecule has 0 aliphatic carbocycles. The number of nitrogens with zero attached hydrogens (tertiary/aromatic N) is 2. The molecule has 0 radical (unpaired) electrons. The van der Waals surface area contributed by atoms with E-state index in [1.165, 1.54) is 25.4 Å². The molecule has 2 heterocycles. The van der Waals surface area contributed by atoms with Gasteiger partial charge in [-0.2, -0.15) is 0 Å². The lowest BCUT2D eigenvalue weighted by Gasteiger charge is -2.11. The minimum Gasteiger partial charge on any atom is -0.495 e. The first-order chi connectivity index (χ1) is 13.0. The van der Waals surface area contributed by atoms with Crippen LogP contribution in [0, 0.1) is 0 Å². The Morgan fingerprint density at radius 2 is 2.00 bits per heavy atom. The monoisotopic (exact) mass is 383 g/mol. The largest absolute Gasteiger partial charge is 0.495 e. The van der Waals surface area contributed by atoms with Crippen LogP contribution in [0.5, 0.6) is 5.75 Å². The summed E-state index contributed by atoms with van der Waals surface area (Å²) < 4.78 is 5.26. The average Bonchev–Trinajstić information content (AvgIpc) is 3.11. The summed E-state index contributed by atoms with van der Waals surface area (Å²) >= 11 is 1.31. The predicted octanol–water partition coefficient (Wildman–Crippen LogP) is 3.50. The summed E-state index contributed by atoms with van der Waals surface area (Å²) in [4.78, 5) is 32.1. The lowest BCUT2D eigenvalue weighted by Crippen LogP contribution is -2.14. The minimum atomic E-state index is -0.385. The second-order valence-electron chi connectivity index (χ2n) is 5.45. The summed E-state index contributed by atoms with van der Waals surface area (Å²) in [6.07, 6.45) is 3.34. The van der Waals surface area contributed by atoms with Gasteiger partial charge in [-0.3, -0.25) is 14.6 Å². The zero-order valence-electron chi connectivity index (χ0n) is 14.6. The highest BCUT2D eigenvalue weighted by Crippen LogP contribution is 2.29. The third-order valence-electron chi connectivity index (χ3n) is 3.42. The van der Waals surface area contributed by atoms with E-state index in [9.17, 15) is 9.59 Å². The van der Waals surface area contributed by atoms with Crippen molar-refractivity contribution >= 4 is 45.3 Å². The van der Waals surface area contributed by atoms with Gasteiger partial charge in [-0.1, -0.05) is 0 Å². The zero-order valence-corrected chi connectivity index (χ0v) is 15.5. The Hall–Kier alpha value is -3.46. The lowest BCUT2D eigenvalue weighted by atomic mass is 10.2. The number of hydrogen-bond donors (Lipinski definition) is 3. The van der Waals surface area contributed by atoms with Gasteiger partial charge in [-0.05, 0) is 30.3 Å². The summed E-state index contributed by atoms with van der Waals surface area (Å²) in [6.45, 7) is 1.41. The molecule has 0 fully saturated rings. The van der Waals surface area contributed by atoms with Crippen LogP contribution >= 0.6 is 11.3 Å². The highest BCUT2D eigenvalue weighted by atomic mass is 32.1. The predicted molar refractivity (Wildman–Crippen MR) is 105 cm³/mol. The molecule has 9 heteroatoms. The maximum absolute atomic E-state index is 12.5. The van der Waals surface area contributed by atoms with Gasteiger partial charge in [0.05, 0.1) is 24.7 Å². The maximum Gasteiger partial charge on any atom is 0.275 e. The molecule has 27 heavy (non-hydrogen) atoms. The summed E-state index contributed by atoms with van der Waals surface area (Å²) in [5.41, 5.74) is 2.03. The summed E-state index contributed by atoms with van der Waals surface area (Å²) in [7, 11) is 1.50. The lowest BCUT2D eigenvalue weighted by molar-refractivity contribution is -0.114. The van der Waals surface area contributed by atoms with Crippen LogP contribution in [0.2, 0.25) is 0 Å². The van der Waals surface area contributed by atoms with Crippen molar-refractivity contribution < 1.29 is 14.3 Å². The summed E-state index contributed by atoms with van der Waals surface area (Å²) in [6, 6.07) is 8.63. The van der Waals surface area contributed by atoms with Gasteiger partial charge >= 0.3 is 0 Å². The minimum absolute atomic E-state index is 0.205. The van der Waals surface area contributed by atoms with Crippen molar-refractivity contribution in [2.75, 3.05) is 23.1 Å². The van der Waals surface area contributed by atoms with Crippen LogP contribution in [0.4, 0.5) is 22.2 Å². The first-order valence-electron chi connectivity index (χ1n) is 7.94. The van der Waals surface area contributed by atoms with Crippen molar-refractivity contribution in [2.45, 2.75) is 6.92 Å². The van der Waals surface area contributed by atoms with Crippen LogP contribution in [0.15, 0.2) is 48.1 Å². The molecule has 1 aromatic carbocycles. The highest BCUT2D eigenvalue weighted by molar-refractivity contribution is 7.14. The van der Waals surface area contributed by atoms with E-state index in [1.54, 1.807) is 42.0 Å². The molecule has 0 saturated carbocycles. The molecule has 138 valence electrons. The van der Waals surface area contributed by atoms with Gasteiger partial charge in [-0.25, -0.2) is 4.98 Å². The number of methoxy groups -OCH3 is 1. The highest BCUT2D eigenvalue weighted by Gasteiger charge is 2.14. The topological polar surface area (TPSA) is 105 Å². The van der Waals surface area contributed by atoms with Crippen molar-refractivity contribution in [3.05, 3.63) is 53.8 Å². The van der Waals surface area contributed by atoms with Crippen LogP contribution in [0.25, 0.3) is 0 Å². The van der Waals surface area contributed by atoms with Gasteiger partial charge in [0.15, 0.2) is 5.13 Å². The third-order valence-corrected chi connectivity index (χ3v) is 4.18. The van der Waals surface area contributed by atoms with Crippen molar-refractivity contribution in [3.8, 4) is 5.75 Å². The van der Waals surface area contributed by atoms with Crippen LogP contribution in [0.3, 0.4) is 0 Å². The fraction of sp³-hybridized carbons (Fsp3) is 0.111. The zero-order chi connectivity index (χ0) is 19.2. The molecule has 0 unspecified atom stereocenters. The molecule has 0 aliphatic rings. The maximum atomic E-state index is 12.5. The Bertz CT molecular complexity index is 959. The Balaban J connectivity index is 1.74. The molecule has 0 aliphatic heterocycles. The molecule has 3 rings (SSSR count). The first kappa shape index (κ1) is 18.3. The fourth-order valence-electron chi connectivity index (χ4n) is 2.27. The van der Waals surface area contributed by atoms with Crippen LogP contribution in [-0.2, 0) is 4.79 Å². The van der Waals surface area contributed by atoms with Gasteiger partial charge in [-0.15, -0.1) is 11.3 Å². The van der Waals surface area contributed by atoms with E-state index in [1.807, 2.05) is 6.07 Å². The number of anilines is 4. The van der Waals surface area contributed by atoms with Gasteiger partial charge in [0, 0.05) is 24.2 Å². The SMILES string of the molecule is COc1ccc(NC(C)=O)cc1NC(=O)c1csc(Nc2cccnc2)n1. The number of hydrogen-bond acceptors (Lipinski definition) is 7. The normalized spacial score (nSPS) is 10.1. The molecule has 0 saturated heterocycles. The summed E-state index contributed by atoms with van der Waals surface area (Å²) in [5, 5.41) is 10.7. The number of ether oxygens (including phenoxy) is 1. The number of pyridine rings is 1. The van der Waals surface area contributed by atoms with Crippen LogP contribution in [-0.4, -0.2) is 28.9 Å². The molecule has 0 bridgehead atoms. The molecule has 8 nitrogen and oxygen atoms in total. The molecular formula is C18H17N5O3S. The van der Waals surface area contributed by atoms with E-state index in [-0.39, 0.29) is 17.5 Å². The van der Waals surface area contributed by atoms with Gasteiger partial charge in [0.1, 0.15) is 11.4 Å². The van der Waals surface area contributed by atoms with Crippen molar-refractivity contribution in [1.82, 2.24) is 9.97 Å². The Morgan fingerprint density at radius 3 is 2.70 bits per heavy atom. The van der Waals surface area contributed by atoms with E-state index in [0.717, 1.165) is 5.69 Å². The van der Waals surface area contributed by atoms with Crippen LogP contribution in [0.1, 0.15) is 17.4 Å². The number of carbonyl (C=O) groups is 2. The number of carbonyl (C=O) groups excluding carboxylic acids is 2. The van der Waals surface area contributed by atoms with Gasteiger partial charge < -0.3 is 20.7 Å². The molecular weight excluding hydrogens is 366 g/mol. The quantitative estimate of drug-likeness (QED) is 0.602. The molecule has 2 aromatic heterocycles. The number of benzene rings is 1. The average molecular weight is 383 g/mol. The van der Waals surface area contributed by atoms with E-state index in [4.69, 9.17) is 4.74 Å². The van der Waals surface area contributed by atoms with E-state index >= 15 is 0 Å². The standard InChI is InChI=1S/C18H17N5O3S/c1-11(24)20-12-5-6-16(26-2)14(8-12)22-17(25)15-10-27-18(23-15)21-13-4-3-7-19-9-13/h3-10H,1-2H3,(H,20,24)(H,21,23)(H,22,25). The number of thiazole rings is 1. The number of aromatic nitrogens is 2. The molecule has 0 spiro atoms. The Kier molecular flexibility index (Phi) is 5.62. The van der Waals surface area contributed by atoms with E-state index in [2.05, 4.69) is 25.9 Å². The second-order valence-corrected chi connectivity index (χ2v) is 6.31. The van der Waals surface area contributed by atoms with Crippen molar-refractivity contribution in [3.63, 3.8) is 0 Å². The molecule has 0 atom stereocenters. The number of rotatable bonds is 6. The molecule has 3 aromatic rings. The second kappa shape index (κ2) is 8.28. The van der Waals surface area contributed by atoms with Gasteiger partial charge in [0.2, 0.25) is 5.91 Å². The van der Waals surface area contributed by atoms with Gasteiger partial charge in [0.25, 0.3) is 5.91 Å². The Morgan fingerprint density at radius 1 is 1.15 bits per heavy atom. The first-order valence-corrected chi connectivity index (χ1v) is 8.82. The Labute approximate surface area is 159 Å². The van der Waals surface area contributed by atoms with Crippen LogP contribution < -0.4 is 20.7 Å². The van der Waals surface area contributed by atoms with Crippen molar-refractivity contribution in [2.24, 2.45) is 0 Å². The molecule has 3 N–H and O–H groups in total. The molecule has 2 amide bonds. The third kappa shape index (κ3) is 4.79. The van der Waals surface area contributed by atoms with Crippen molar-refractivity contribution in [1.29, 1.82) is 0 Å².